The van der Waals surface area contributed by atoms with E-state index in [1.54, 1.807) is 25.5 Å². The second-order valence-electron chi connectivity index (χ2n) is 4.17. The third-order valence-electron chi connectivity index (χ3n) is 2.82. The van der Waals surface area contributed by atoms with Gasteiger partial charge in [0, 0.05) is 12.4 Å². The van der Waals surface area contributed by atoms with Gasteiger partial charge in [0.2, 0.25) is 5.95 Å². The van der Waals surface area contributed by atoms with Crippen LogP contribution < -0.4 is 5.32 Å². The first-order chi connectivity index (χ1) is 9.24. The van der Waals surface area contributed by atoms with Crippen LogP contribution in [0.4, 0.5) is 5.95 Å². The monoisotopic (exact) mass is 263 g/mol. The number of carbonyl (C=O) groups is 1. The number of aromatic nitrogens is 4. The lowest BCUT2D eigenvalue weighted by atomic mass is 10.2. The molecule has 0 radical (unpaired) electrons. The minimum atomic E-state index is -0.640. The summed E-state index contributed by atoms with van der Waals surface area (Å²) in [6.07, 6.45) is 3.88. The fourth-order valence-electron chi connectivity index (χ4n) is 1.90. The number of nitrogens with one attached hydrogen (secondary N) is 1. The molecule has 0 aliphatic carbocycles. The molecular formula is C11H13N5O3. The van der Waals surface area contributed by atoms with Gasteiger partial charge in [0.1, 0.15) is 0 Å². The molecule has 3 heterocycles. The van der Waals surface area contributed by atoms with Gasteiger partial charge in [-0.3, -0.25) is 15.1 Å². The quantitative estimate of drug-likeness (QED) is 0.811. The van der Waals surface area contributed by atoms with Crippen LogP contribution in [0.3, 0.4) is 0 Å². The molecule has 2 atom stereocenters. The van der Waals surface area contributed by atoms with Crippen LogP contribution in [0.2, 0.25) is 0 Å². The van der Waals surface area contributed by atoms with Crippen LogP contribution in [-0.4, -0.2) is 50.9 Å². The van der Waals surface area contributed by atoms with E-state index in [0.29, 0.717) is 18.9 Å². The lowest BCUT2D eigenvalue weighted by Crippen LogP contribution is -2.44. The molecular weight excluding hydrogens is 250 g/mol. The highest BCUT2D eigenvalue weighted by molar-refractivity contribution is 5.93. The van der Waals surface area contributed by atoms with Crippen LogP contribution in [-0.2, 0) is 14.3 Å². The van der Waals surface area contributed by atoms with E-state index < -0.39 is 6.10 Å². The van der Waals surface area contributed by atoms with E-state index in [1.165, 1.54) is 4.52 Å². The second-order valence-corrected chi connectivity index (χ2v) is 4.17. The number of fused-ring (bicyclic) bond motifs is 1. The van der Waals surface area contributed by atoms with Gasteiger partial charge in [0.05, 0.1) is 25.5 Å². The maximum Gasteiger partial charge on any atom is 0.258 e. The Bertz CT molecular complexity index is 566. The van der Waals surface area contributed by atoms with Gasteiger partial charge in [0.15, 0.2) is 11.8 Å². The smallest absolute Gasteiger partial charge is 0.258 e. The maximum absolute atomic E-state index is 12.0. The standard InChI is InChI=1S/C11H13N5O3/c1-7-9(19-5-4-18-7)10(17)14-11-13-8-6-12-2-3-16(8)15-11/h2-3,6-7,9H,4-5H2,1H3,(H,14,15,17)/t7-,9-/m0/s1. The van der Waals surface area contributed by atoms with Gasteiger partial charge in [-0.1, -0.05) is 0 Å². The third-order valence-corrected chi connectivity index (χ3v) is 2.82. The molecule has 1 N–H and O–H groups in total. The van der Waals surface area contributed by atoms with E-state index in [4.69, 9.17) is 9.47 Å². The summed E-state index contributed by atoms with van der Waals surface area (Å²) in [7, 11) is 0. The Labute approximate surface area is 108 Å². The van der Waals surface area contributed by atoms with Crippen LogP contribution in [0, 0.1) is 0 Å². The molecule has 1 amide bonds. The summed E-state index contributed by atoms with van der Waals surface area (Å²) in [5.74, 6) is -0.0876. The van der Waals surface area contributed by atoms with Crippen molar-refractivity contribution >= 4 is 17.5 Å². The SMILES string of the molecule is C[C@@H]1OCCO[C@@H]1C(=O)Nc1nc2cnccn2n1. The Hall–Kier alpha value is -2.06. The van der Waals surface area contributed by atoms with Crippen molar-refractivity contribution in [1.82, 2.24) is 19.6 Å². The molecule has 1 aliphatic heterocycles. The fraction of sp³-hybridized carbons (Fsp3) is 0.455. The number of carbonyl (C=O) groups excluding carboxylic acids is 1. The third kappa shape index (κ3) is 2.40. The predicted octanol–water partition coefficient (Wildman–Crippen LogP) is -0.133. The molecule has 2 aromatic rings. The van der Waals surface area contributed by atoms with Crippen molar-refractivity contribution in [3.8, 4) is 0 Å². The zero-order valence-electron chi connectivity index (χ0n) is 10.3. The summed E-state index contributed by atoms with van der Waals surface area (Å²) in [6, 6.07) is 0. The highest BCUT2D eigenvalue weighted by Crippen LogP contribution is 2.12. The van der Waals surface area contributed by atoms with Crippen molar-refractivity contribution in [3.05, 3.63) is 18.6 Å². The Morgan fingerprint density at radius 2 is 2.32 bits per heavy atom. The van der Waals surface area contributed by atoms with E-state index in [1.807, 2.05) is 0 Å². The predicted molar refractivity (Wildman–Crippen MR) is 64.6 cm³/mol. The molecule has 0 saturated carbocycles. The summed E-state index contributed by atoms with van der Waals surface area (Å²) in [5, 5.41) is 6.73. The summed E-state index contributed by atoms with van der Waals surface area (Å²) in [6.45, 7) is 2.71. The molecule has 3 rings (SSSR count). The number of nitrogens with zero attached hydrogens (tertiary/aromatic N) is 4. The molecule has 1 fully saturated rings. The molecule has 100 valence electrons. The molecule has 0 bridgehead atoms. The molecule has 1 aliphatic rings. The Morgan fingerprint density at radius 1 is 1.47 bits per heavy atom. The van der Waals surface area contributed by atoms with E-state index in [9.17, 15) is 4.79 Å². The highest BCUT2D eigenvalue weighted by atomic mass is 16.6. The number of anilines is 1. The van der Waals surface area contributed by atoms with Crippen molar-refractivity contribution < 1.29 is 14.3 Å². The Morgan fingerprint density at radius 3 is 3.11 bits per heavy atom. The zero-order valence-corrected chi connectivity index (χ0v) is 10.3. The van der Waals surface area contributed by atoms with Crippen molar-refractivity contribution in [1.29, 1.82) is 0 Å². The summed E-state index contributed by atoms with van der Waals surface area (Å²) < 4.78 is 12.3. The fourth-order valence-corrected chi connectivity index (χ4v) is 1.90. The van der Waals surface area contributed by atoms with Crippen LogP contribution in [0.1, 0.15) is 6.92 Å². The molecule has 8 heteroatoms. The minimum absolute atomic E-state index is 0.222. The van der Waals surface area contributed by atoms with E-state index in [0.717, 1.165) is 0 Å². The van der Waals surface area contributed by atoms with Crippen LogP contribution >= 0.6 is 0 Å². The van der Waals surface area contributed by atoms with E-state index in [2.05, 4.69) is 20.4 Å². The van der Waals surface area contributed by atoms with Crippen molar-refractivity contribution in [2.45, 2.75) is 19.1 Å². The number of hydrogen-bond donors (Lipinski definition) is 1. The molecule has 19 heavy (non-hydrogen) atoms. The normalized spacial score (nSPS) is 23.4. The average Bonchev–Trinajstić information content (AvgIpc) is 2.81. The minimum Gasteiger partial charge on any atom is -0.373 e. The zero-order chi connectivity index (χ0) is 13.2. The first-order valence-corrected chi connectivity index (χ1v) is 5.94. The number of rotatable bonds is 2. The van der Waals surface area contributed by atoms with Crippen molar-refractivity contribution in [2.24, 2.45) is 0 Å². The topological polar surface area (TPSA) is 90.6 Å². The molecule has 0 unspecified atom stereocenters. The van der Waals surface area contributed by atoms with Gasteiger partial charge in [-0.15, -0.1) is 5.10 Å². The summed E-state index contributed by atoms with van der Waals surface area (Å²) in [5.41, 5.74) is 0.562. The van der Waals surface area contributed by atoms with Crippen molar-refractivity contribution in [3.63, 3.8) is 0 Å². The Balaban J connectivity index is 1.75. The molecule has 0 spiro atoms. The first-order valence-electron chi connectivity index (χ1n) is 5.94. The molecule has 8 nitrogen and oxygen atoms in total. The lowest BCUT2D eigenvalue weighted by Gasteiger charge is -2.27. The average molecular weight is 263 g/mol. The van der Waals surface area contributed by atoms with Gasteiger partial charge in [0.25, 0.3) is 5.91 Å². The van der Waals surface area contributed by atoms with Crippen LogP contribution in [0.25, 0.3) is 5.65 Å². The summed E-state index contributed by atoms with van der Waals surface area (Å²) >= 11 is 0. The number of hydrogen-bond acceptors (Lipinski definition) is 6. The number of ether oxygens (including phenoxy) is 2. The van der Waals surface area contributed by atoms with E-state index in [-0.39, 0.29) is 18.0 Å². The lowest BCUT2D eigenvalue weighted by molar-refractivity contribution is -0.157. The van der Waals surface area contributed by atoms with Crippen LogP contribution in [0.15, 0.2) is 18.6 Å². The second kappa shape index (κ2) is 4.90. The van der Waals surface area contributed by atoms with Gasteiger partial charge in [-0.25, -0.2) is 4.52 Å². The van der Waals surface area contributed by atoms with Crippen molar-refractivity contribution in [2.75, 3.05) is 18.5 Å². The van der Waals surface area contributed by atoms with Gasteiger partial charge >= 0.3 is 0 Å². The van der Waals surface area contributed by atoms with Gasteiger partial charge in [-0.2, -0.15) is 4.98 Å². The molecule has 0 aromatic carbocycles. The number of amides is 1. The van der Waals surface area contributed by atoms with Gasteiger partial charge in [-0.05, 0) is 6.92 Å². The summed E-state index contributed by atoms with van der Waals surface area (Å²) in [4.78, 5) is 20.1. The molecule has 1 saturated heterocycles. The Kier molecular flexibility index (Phi) is 3.10. The molecule has 2 aromatic heterocycles. The highest BCUT2D eigenvalue weighted by Gasteiger charge is 2.30. The maximum atomic E-state index is 12.0. The van der Waals surface area contributed by atoms with E-state index >= 15 is 0 Å². The van der Waals surface area contributed by atoms with Gasteiger partial charge < -0.3 is 9.47 Å². The van der Waals surface area contributed by atoms with Crippen LogP contribution in [0.5, 0.6) is 0 Å². The first kappa shape index (κ1) is 12.0. The largest absolute Gasteiger partial charge is 0.373 e.